The number of aliphatic hydroxyl groups is 1. The van der Waals surface area contributed by atoms with Crippen molar-refractivity contribution in [1.82, 2.24) is 10.6 Å². The van der Waals surface area contributed by atoms with Gasteiger partial charge >= 0.3 is 11.8 Å². The Hall–Kier alpha value is -1.92. The SMILES string of the molecule is COCC(C)(O)CNC(=O)C(=O)NCCc1ccccc1. The van der Waals surface area contributed by atoms with Gasteiger partial charge in [-0.05, 0) is 18.9 Å². The van der Waals surface area contributed by atoms with E-state index in [9.17, 15) is 14.7 Å². The second-order valence-corrected chi connectivity index (χ2v) is 5.10. The first-order chi connectivity index (χ1) is 9.94. The van der Waals surface area contributed by atoms with Crippen LogP contribution in [0.1, 0.15) is 12.5 Å². The molecule has 0 bridgehead atoms. The van der Waals surface area contributed by atoms with E-state index in [-0.39, 0.29) is 13.2 Å². The number of rotatable bonds is 7. The molecular formula is C15H22N2O4. The first kappa shape index (κ1) is 17.1. The highest BCUT2D eigenvalue weighted by atomic mass is 16.5. The molecule has 1 rings (SSSR count). The molecule has 0 aliphatic heterocycles. The topological polar surface area (TPSA) is 87.7 Å². The van der Waals surface area contributed by atoms with Crippen LogP contribution in [-0.4, -0.2) is 49.3 Å². The van der Waals surface area contributed by atoms with Gasteiger partial charge < -0.3 is 20.5 Å². The largest absolute Gasteiger partial charge is 0.386 e. The Balaban J connectivity index is 2.27. The quantitative estimate of drug-likeness (QED) is 0.611. The Morgan fingerprint density at radius 2 is 1.81 bits per heavy atom. The molecule has 3 N–H and O–H groups in total. The molecule has 6 nitrogen and oxygen atoms in total. The number of amides is 2. The second kappa shape index (κ2) is 8.39. The van der Waals surface area contributed by atoms with Gasteiger partial charge in [-0.15, -0.1) is 0 Å². The zero-order chi connectivity index (χ0) is 15.7. The third-order valence-electron chi connectivity index (χ3n) is 2.83. The lowest BCUT2D eigenvalue weighted by Gasteiger charge is -2.22. The van der Waals surface area contributed by atoms with Gasteiger partial charge in [-0.2, -0.15) is 0 Å². The van der Waals surface area contributed by atoms with Gasteiger partial charge in [0.1, 0.15) is 5.60 Å². The maximum atomic E-state index is 11.6. The molecule has 0 fully saturated rings. The predicted octanol–water partition coefficient (Wildman–Crippen LogP) is -0.141. The lowest BCUT2D eigenvalue weighted by atomic mass is 10.1. The third-order valence-corrected chi connectivity index (χ3v) is 2.83. The van der Waals surface area contributed by atoms with E-state index >= 15 is 0 Å². The number of hydrogen-bond donors (Lipinski definition) is 3. The van der Waals surface area contributed by atoms with Crippen LogP contribution in [0.4, 0.5) is 0 Å². The van der Waals surface area contributed by atoms with Crippen molar-refractivity contribution in [3.8, 4) is 0 Å². The van der Waals surface area contributed by atoms with Crippen LogP contribution in [0.5, 0.6) is 0 Å². The van der Waals surface area contributed by atoms with Crippen molar-refractivity contribution in [1.29, 1.82) is 0 Å². The normalized spacial score (nSPS) is 13.3. The Bertz CT molecular complexity index is 460. The summed E-state index contributed by atoms with van der Waals surface area (Å²) in [4.78, 5) is 23.1. The fourth-order valence-corrected chi connectivity index (χ4v) is 1.76. The number of hydrogen-bond acceptors (Lipinski definition) is 4. The van der Waals surface area contributed by atoms with E-state index in [4.69, 9.17) is 4.74 Å². The summed E-state index contributed by atoms with van der Waals surface area (Å²) >= 11 is 0. The molecule has 0 spiro atoms. The average molecular weight is 294 g/mol. The number of benzene rings is 1. The van der Waals surface area contributed by atoms with Crippen LogP contribution >= 0.6 is 0 Å². The van der Waals surface area contributed by atoms with E-state index in [1.165, 1.54) is 14.0 Å². The van der Waals surface area contributed by atoms with Crippen LogP contribution in [-0.2, 0) is 20.7 Å². The number of ether oxygens (including phenoxy) is 1. The molecule has 2 amide bonds. The lowest BCUT2D eigenvalue weighted by Crippen LogP contribution is -2.48. The number of carbonyl (C=O) groups excluding carboxylic acids is 2. The van der Waals surface area contributed by atoms with Gasteiger partial charge in [-0.25, -0.2) is 0 Å². The molecule has 1 aromatic carbocycles. The van der Waals surface area contributed by atoms with Gasteiger partial charge in [0.2, 0.25) is 0 Å². The summed E-state index contributed by atoms with van der Waals surface area (Å²) in [5.41, 5.74) is -0.115. The predicted molar refractivity (Wildman–Crippen MR) is 78.7 cm³/mol. The van der Waals surface area contributed by atoms with E-state index in [0.717, 1.165) is 5.56 Å². The summed E-state index contributed by atoms with van der Waals surface area (Å²) in [5.74, 6) is -1.47. The molecule has 21 heavy (non-hydrogen) atoms. The van der Waals surface area contributed by atoms with E-state index in [1.807, 2.05) is 30.3 Å². The monoisotopic (exact) mass is 294 g/mol. The maximum absolute atomic E-state index is 11.6. The van der Waals surface area contributed by atoms with Crippen molar-refractivity contribution in [3.63, 3.8) is 0 Å². The highest BCUT2D eigenvalue weighted by Gasteiger charge is 2.22. The van der Waals surface area contributed by atoms with Crippen molar-refractivity contribution in [2.75, 3.05) is 26.8 Å². The molecule has 0 saturated carbocycles. The van der Waals surface area contributed by atoms with Crippen LogP contribution in [0, 0.1) is 0 Å². The molecule has 1 aromatic rings. The van der Waals surface area contributed by atoms with E-state index in [1.54, 1.807) is 0 Å². The first-order valence-electron chi connectivity index (χ1n) is 6.76. The fraction of sp³-hybridized carbons (Fsp3) is 0.467. The van der Waals surface area contributed by atoms with Crippen LogP contribution in [0.15, 0.2) is 30.3 Å². The number of methoxy groups -OCH3 is 1. The second-order valence-electron chi connectivity index (χ2n) is 5.10. The smallest absolute Gasteiger partial charge is 0.309 e. The Labute approximate surface area is 124 Å². The fourth-order valence-electron chi connectivity index (χ4n) is 1.76. The molecule has 0 aliphatic rings. The van der Waals surface area contributed by atoms with Crippen LogP contribution in [0.2, 0.25) is 0 Å². The molecule has 6 heteroatoms. The van der Waals surface area contributed by atoms with Crippen LogP contribution in [0.25, 0.3) is 0 Å². The zero-order valence-corrected chi connectivity index (χ0v) is 12.4. The molecular weight excluding hydrogens is 272 g/mol. The molecule has 0 aromatic heterocycles. The number of nitrogens with one attached hydrogen (secondary N) is 2. The van der Waals surface area contributed by atoms with Crippen LogP contribution < -0.4 is 10.6 Å². The minimum absolute atomic E-state index is 0.0498. The molecule has 1 unspecified atom stereocenters. The van der Waals surface area contributed by atoms with Crippen LogP contribution in [0.3, 0.4) is 0 Å². The van der Waals surface area contributed by atoms with Crippen molar-refractivity contribution in [3.05, 3.63) is 35.9 Å². The Kier molecular flexibility index (Phi) is 6.84. The summed E-state index contributed by atoms with van der Waals surface area (Å²) in [6, 6.07) is 9.66. The van der Waals surface area contributed by atoms with Crippen molar-refractivity contribution in [2.24, 2.45) is 0 Å². The summed E-state index contributed by atoms with van der Waals surface area (Å²) in [7, 11) is 1.45. The molecule has 0 aliphatic carbocycles. The number of carbonyl (C=O) groups is 2. The Morgan fingerprint density at radius 1 is 1.19 bits per heavy atom. The molecule has 0 saturated heterocycles. The molecule has 116 valence electrons. The Morgan fingerprint density at radius 3 is 2.43 bits per heavy atom. The van der Waals surface area contributed by atoms with Gasteiger partial charge in [0.25, 0.3) is 0 Å². The van der Waals surface area contributed by atoms with Gasteiger partial charge in [0.15, 0.2) is 0 Å². The minimum Gasteiger partial charge on any atom is -0.386 e. The summed E-state index contributed by atoms with van der Waals surface area (Å²) < 4.78 is 4.81. The molecule has 0 radical (unpaired) electrons. The van der Waals surface area contributed by atoms with Crippen molar-refractivity contribution in [2.45, 2.75) is 18.9 Å². The summed E-state index contributed by atoms with van der Waals surface area (Å²) in [6.07, 6.45) is 0.654. The first-order valence-corrected chi connectivity index (χ1v) is 6.76. The van der Waals surface area contributed by atoms with Crippen molar-refractivity contribution >= 4 is 11.8 Å². The summed E-state index contributed by atoms with van der Waals surface area (Å²) in [6.45, 7) is 1.92. The van der Waals surface area contributed by atoms with Gasteiger partial charge in [-0.3, -0.25) is 9.59 Å². The van der Waals surface area contributed by atoms with E-state index in [0.29, 0.717) is 13.0 Å². The van der Waals surface area contributed by atoms with Gasteiger partial charge in [0, 0.05) is 20.2 Å². The maximum Gasteiger partial charge on any atom is 0.309 e. The summed E-state index contributed by atoms with van der Waals surface area (Å²) in [5, 5.41) is 14.7. The van der Waals surface area contributed by atoms with Crippen molar-refractivity contribution < 1.29 is 19.4 Å². The standard InChI is InChI=1S/C15H22N2O4/c1-15(20,11-21-2)10-17-14(19)13(18)16-9-8-12-6-4-3-5-7-12/h3-7,20H,8-11H2,1-2H3,(H,16,18)(H,17,19). The average Bonchev–Trinajstić information content (AvgIpc) is 2.46. The lowest BCUT2D eigenvalue weighted by molar-refractivity contribution is -0.140. The highest BCUT2D eigenvalue weighted by Crippen LogP contribution is 2.01. The highest BCUT2D eigenvalue weighted by molar-refractivity contribution is 6.35. The van der Waals surface area contributed by atoms with Gasteiger partial charge in [0.05, 0.1) is 6.61 Å². The van der Waals surface area contributed by atoms with E-state index < -0.39 is 17.4 Å². The molecule has 0 heterocycles. The third kappa shape index (κ3) is 6.87. The minimum atomic E-state index is -1.20. The molecule has 1 atom stereocenters. The van der Waals surface area contributed by atoms with E-state index in [2.05, 4.69) is 10.6 Å². The zero-order valence-electron chi connectivity index (χ0n) is 12.4. The van der Waals surface area contributed by atoms with Gasteiger partial charge in [-0.1, -0.05) is 30.3 Å².